The molecule has 0 spiro atoms. The van der Waals surface area contributed by atoms with E-state index in [9.17, 15) is 10.1 Å². The van der Waals surface area contributed by atoms with Crippen molar-refractivity contribution < 1.29 is 9.53 Å². The number of fused-ring (bicyclic) bond motifs is 1. The van der Waals surface area contributed by atoms with Crippen LogP contribution in [-0.4, -0.2) is 21.6 Å². The third-order valence-electron chi connectivity index (χ3n) is 5.80. The predicted molar refractivity (Wildman–Crippen MR) is 105 cm³/mol. The lowest BCUT2D eigenvalue weighted by molar-refractivity contribution is -0.156. The molecule has 3 rings (SSSR count). The third-order valence-corrected chi connectivity index (χ3v) is 5.80. The first-order chi connectivity index (χ1) is 12.9. The highest BCUT2D eigenvalue weighted by atomic mass is 16.5. The van der Waals surface area contributed by atoms with Crippen LogP contribution in [0.1, 0.15) is 58.3 Å². The first kappa shape index (κ1) is 19.4. The largest absolute Gasteiger partial charge is 0.461 e. The summed E-state index contributed by atoms with van der Waals surface area (Å²) in [6.45, 7) is 8.82. The molecule has 27 heavy (non-hydrogen) atoms. The minimum atomic E-state index is -0.212. The summed E-state index contributed by atoms with van der Waals surface area (Å²) >= 11 is 0. The number of aryl methyl sites for hydroxylation is 1. The fraction of sp³-hybridized carbons (Fsp3) is 0.591. The maximum absolute atomic E-state index is 12.8. The van der Waals surface area contributed by atoms with E-state index in [0.717, 1.165) is 36.1 Å². The summed E-state index contributed by atoms with van der Waals surface area (Å²) in [4.78, 5) is 17.4. The molecule has 0 radical (unpaired) electrons. The van der Waals surface area contributed by atoms with Crippen molar-refractivity contribution in [1.82, 2.24) is 9.55 Å². The Labute approximate surface area is 161 Å². The second kappa shape index (κ2) is 8.12. The van der Waals surface area contributed by atoms with Crippen molar-refractivity contribution in [2.75, 3.05) is 0 Å². The van der Waals surface area contributed by atoms with Crippen LogP contribution in [0.25, 0.3) is 11.0 Å². The molecule has 1 aromatic heterocycles. The number of esters is 1. The van der Waals surface area contributed by atoms with Gasteiger partial charge in [0.05, 0.1) is 22.7 Å². The van der Waals surface area contributed by atoms with Crippen LogP contribution in [0.3, 0.4) is 0 Å². The Morgan fingerprint density at radius 1 is 1.41 bits per heavy atom. The number of imidazole rings is 1. The van der Waals surface area contributed by atoms with Crippen LogP contribution in [-0.2, 0) is 22.5 Å². The minimum absolute atomic E-state index is 0.00391. The second-order valence-electron chi connectivity index (χ2n) is 8.14. The van der Waals surface area contributed by atoms with Crippen LogP contribution in [0, 0.1) is 29.1 Å². The highest BCUT2D eigenvalue weighted by Crippen LogP contribution is 2.35. The van der Waals surface area contributed by atoms with Crippen LogP contribution in [0.4, 0.5) is 0 Å². The van der Waals surface area contributed by atoms with E-state index in [1.54, 1.807) is 12.1 Å². The van der Waals surface area contributed by atoms with Gasteiger partial charge in [0.15, 0.2) is 0 Å². The molecule has 0 saturated heterocycles. The average Bonchev–Trinajstić information content (AvgIpc) is 2.98. The molecule has 1 aromatic carbocycles. The lowest BCUT2D eigenvalue weighted by Gasteiger charge is -2.36. The van der Waals surface area contributed by atoms with E-state index in [1.807, 2.05) is 17.6 Å². The molecule has 144 valence electrons. The fourth-order valence-electron chi connectivity index (χ4n) is 4.27. The van der Waals surface area contributed by atoms with Gasteiger partial charge in [0.25, 0.3) is 0 Å². The Balaban J connectivity index is 1.82. The van der Waals surface area contributed by atoms with E-state index in [2.05, 4.69) is 31.8 Å². The van der Waals surface area contributed by atoms with Crippen LogP contribution < -0.4 is 0 Å². The van der Waals surface area contributed by atoms with Crippen molar-refractivity contribution in [2.45, 2.75) is 66.0 Å². The summed E-state index contributed by atoms with van der Waals surface area (Å²) in [7, 11) is 0. The van der Waals surface area contributed by atoms with Gasteiger partial charge in [-0.1, -0.05) is 34.1 Å². The molecule has 0 amide bonds. The third kappa shape index (κ3) is 4.16. The maximum Gasteiger partial charge on any atom is 0.326 e. The molecule has 1 aliphatic rings. The molecule has 1 unspecified atom stereocenters. The molecule has 1 aliphatic carbocycles. The molecular formula is C22H29N3O2. The summed E-state index contributed by atoms with van der Waals surface area (Å²) in [6.07, 6.45) is 3.99. The molecule has 1 fully saturated rings. The van der Waals surface area contributed by atoms with Crippen LogP contribution in [0.5, 0.6) is 0 Å². The standard InChI is InChI=1S/C22H29N3O2/c1-5-21-24-18-9-7-16(12-23)11-19(18)25(21)13-22(26)27-20-10-15(4)6-8-17(20)14(2)3/h7,9,11,14-15,17,20H,5-6,8,10,13H2,1-4H3/t15-,17?,20-/m1/s1. The van der Waals surface area contributed by atoms with Gasteiger partial charge in [-0.15, -0.1) is 0 Å². The van der Waals surface area contributed by atoms with Gasteiger partial charge in [-0.2, -0.15) is 5.26 Å². The van der Waals surface area contributed by atoms with Gasteiger partial charge < -0.3 is 9.30 Å². The lowest BCUT2D eigenvalue weighted by atomic mass is 9.75. The number of hydrogen-bond acceptors (Lipinski definition) is 4. The van der Waals surface area contributed by atoms with Crippen molar-refractivity contribution >= 4 is 17.0 Å². The molecule has 3 atom stereocenters. The topological polar surface area (TPSA) is 67.9 Å². The number of carbonyl (C=O) groups is 1. The van der Waals surface area contributed by atoms with Gasteiger partial charge in [-0.3, -0.25) is 4.79 Å². The van der Waals surface area contributed by atoms with Crippen LogP contribution >= 0.6 is 0 Å². The van der Waals surface area contributed by atoms with E-state index < -0.39 is 0 Å². The number of nitrogens with zero attached hydrogens (tertiary/aromatic N) is 3. The predicted octanol–water partition coefficient (Wildman–Crippen LogP) is 4.47. The Hall–Kier alpha value is -2.35. The molecule has 0 N–H and O–H groups in total. The molecule has 5 heteroatoms. The van der Waals surface area contributed by atoms with Gasteiger partial charge >= 0.3 is 5.97 Å². The number of benzene rings is 1. The maximum atomic E-state index is 12.8. The highest BCUT2D eigenvalue weighted by molar-refractivity contribution is 5.80. The molecule has 5 nitrogen and oxygen atoms in total. The molecule has 1 saturated carbocycles. The quantitative estimate of drug-likeness (QED) is 0.731. The number of hydrogen-bond donors (Lipinski definition) is 0. The number of aromatic nitrogens is 2. The summed E-state index contributed by atoms with van der Waals surface area (Å²) in [6, 6.07) is 7.56. The van der Waals surface area contributed by atoms with Crippen molar-refractivity contribution in [3.05, 3.63) is 29.6 Å². The normalized spacial score (nSPS) is 22.7. The Morgan fingerprint density at radius 3 is 2.85 bits per heavy atom. The van der Waals surface area contributed by atoms with E-state index in [-0.39, 0.29) is 18.6 Å². The van der Waals surface area contributed by atoms with Gasteiger partial charge in [-0.25, -0.2) is 4.98 Å². The minimum Gasteiger partial charge on any atom is -0.461 e. The van der Waals surface area contributed by atoms with Crippen molar-refractivity contribution in [2.24, 2.45) is 17.8 Å². The summed E-state index contributed by atoms with van der Waals surface area (Å²) in [5, 5.41) is 9.18. The van der Waals surface area contributed by atoms with Crippen LogP contribution in [0.15, 0.2) is 18.2 Å². The lowest BCUT2D eigenvalue weighted by Crippen LogP contribution is -2.36. The number of nitriles is 1. The van der Waals surface area contributed by atoms with Crippen molar-refractivity contribution in [3.8, 4) is 6.07 Å². The van der Waals surface area contributed by atoms with E-state index >= 15 is 0 Å². The second-order valence-corrected chi connectivity index (χ2v) is 8.14. The SMILES string of the molecule is CCc1nc2ccc(C#N)cc2n1CC(=O)O[C@@H]1C[C@H](C)CCC1C(C)C. The van der Waals surface area contributed by atoms with Crippen molar-refractivity contribution in [1.29, 1.82) is 5.26 Å². The summed E-state index contributed by atoms with van der Waals surface area (Å²) in [5.41, 5.74) is 2.20. The molecule has 1 heterocycles. The zero-order valence-corrected chi connectivity index (χ0v) is 16.7. The smallest absolute Gasteiger partial charge is 0.326 e. The first-order valence-electron chi connectivity index (χ1n) is 10.0. The average molecular weight is 367 g/mol. The highest BCUT2D eigenvalue weighted by Gasteiger charge is 2.33. The zero-order valence-electron chi connectivity index (χ0n) is 16.7. The van der Waals surface area contributed by atoms with Gasteiger partial charge in [0, 0.05) is 6.42 Å². The Bertz CT molecular complexity index is 862. The molecular weight excluding hydrogens is 338 g/mol. The van der Waals surface area contributed by atoms with Crippen molar-refractivity contribution in [3.63, 3.8) is 0 Å². The molecule has 0 bridgehead atoms. The first-order valence-corrected chi connectivity index (χ1v) is 10.0. The Morgan fingerprint density at radius 2 is 2.19 bits per heavy atom. The summed E-state index contributed by atoms with van der Waals surface area (Å²) < 4.78 is 7.86. The van der Waals surface area contributed by atoms with E-state index in [1.165, 1.54) is 6.42 Å². The van der Waals surface area contributed by atoms with Gasteiger partial charge in [-0.05, 0) is 48.8 Å². The van der Waals surface area contributed by atoms with Gasteiger partial charge in [0.2, 0.25) is 0 Å². The fourth-order valence-corrected chi connectivity index (χ4v) is 4.27. The summed E-state index contributed by atoms with van der Waals surface area (Å²) in [5.74, 6) is 2.16. The number of rotatable bonds is 5. The van der Waals surface area contributed by atoms with E-state index in [0.29, 0.717) is 23.3 Å². The molecule has 2 aromatic rings. The van der Waals surface area contributed by atoms with E-state index in [4.69, 9.17) is 4.74 Å². The molecule has 0 aliphatic heterocycles. The van der Waals surface area contributed by atoms with Gasteiger partial charge in [0.1, 0.15) is 18.5 Å². The zero-order chi connectivity index (χ0) is 19.6. The number of carbonyl (C=O) groups excluding carboxylic acids is 1. The Kier molecular flexibility index (Phi) is 5.84. The monoisotopic (exact) mass is 367 g/mol. The number of ether oxygens (including phenoxy) is 1. The van der Waals surface area contributed by atoms with Crippen LogP contribution in [0.2, 0.25) is 0 Å².